The maximum Gasteiger partial charge on any atom is 0.131 e. The molecule has 0 fully saturated rings. The van der Waals surface area contributed by atoms with Gasteiger partial charge in [0.15, 0.2) is 0 Å². The molecule has 0 spiro atoms. The van der Waals surface area contributed by atoms with Gasteiger partial charge in [0.25, 0.3) is 0 Å². The van der Waals surface area contributed by atoms with E-state index < -0.39 is 0 Å². The van der Waals surface area contributed by atoms with Crippen LogP contribution in [0.4, 0.5) is 5.82 Å². The second-order valence-corrected chi connectivity index (χ2v) is 4.63. The Balaban J connectivity index is 2.98. The molecule has 1 rings (SSSR count). The molecule has 4 heteroatoms. The fourth-order valence-electron chi connectivity index (χ4n) is 1.07. The van der Waals surface area contributed by atoms with Crippen molar-refractivity contribution in [1.82, 2.24) is 9.97 Å². The van der Waals surface area contributed by atoms with Crippen LogP contribution < -0.4 is 5.73 Å². The van der Waals surface area contributed by atoms with Gasteiger partial charge in [-0.15, -0.1) is 11.8 Å². The molecule has 0 bridgehead atoms. The highest BCUT2D eigenvalue weighted by Crippen LogP contribution is 2.26. The normalized spacial score (nSPS) is 10.8. The highest BCUT2D eigenvalue weighted by Gasteiger charge is 2.08. The average Bonchev–Trinajstić information content (AvgIpc) is 2.03. The first-order valence-corrected chi connectivity index (χ1v) is 5.29. The molecule has 2 N–H and O–H groups in total. The zero-order valence-electron chi connectivity index (χ0n) is 8.24. The van der Waals surface area contributed by atoms with E-state index in [0.29, 0.717) is 11.1 Å². The number of hydrogen-bond acceptors (Lipinski definition) is 4. The second-order valence-electron chi connectivity index (χ2n) is 3.06. The summed E-state index contributed by atoms with van der Waals surface area (Å²) in [6.07, 6.45) is 2.42. The number of hydrogen-bond donors (Lipinski definition) is 1. The maximum absolute atomic E-state index is 5.74. The van der Waals surface area contributed by atoms with E-state index in [4.69, 9.17) is 5.73 Å². The smallest absolute Gasteiger partial charge is 0.131 e. The van der Waals surface area contributed by atoms with Crippen LogP contribution in [-0.4, -0.2) is 15.2 Å². The summed E-state index contributed by atoms with van der Waals surface area (Å²) in [4.78, 5) is 8.19. The molecule has 1 aromatic heterocycles. The highest BCUT2D eigenvalue weighted by molar-refractivity contribution is 7.99. The van der Waals surface area contributed by atoms with E-state index in [1.807, 2.05) is 0 Å². The predicted molar refractivity (Wildman–Crippen MR) is 56.8 cm³/mol. The molecule has 0 amide bonds. The van der Waals surface area contributed by atoms with Crippen molar-refractivity contribution in [1.29, 1.82) is 0 Å². The van der Waals surface area contributed by atoms with E-state index >= 15 is 0 Å². The fourth-order valence-corrected chi connectivity index (χ4v) is 2.01. The van der Waals surface area contributed by atoms with Gasteiger partial charge in [-0.3, -0.25) is 0 Å². The summed E-state index contributed by atoms with van der Waals surface area (Å²) in [6, 6.07) is 0. The van der Waals surface area contributed by atoms with Crippen LogP contribution in [0.25, 0.3) is 0 Å². The highest BCUT2D eigenvalue weighted by atomic mass is 32.2. The van der Waals surface area contributed by atoms with Crippen LogP contribution in [0.1, 0.15) is 26.3 Å². The van der Waals surface area contributed by atoms with Gasteiger partial charge in [-0.25, -0.2) is 9.97 Å². The lowest BCUT2D eigenvalue weighted by atomic mass is 10.2. The number of nitrogens with zero attached hydrogens (tertiary/aromatic N) is 2. The molecule has 1 aromatic rings. The van der Waals surface area contributed by atoms with Crippen molar-refractivity contribution in [2.45, 2.75) is 37.5 Å². The third kappa shape index (κ3) is 2.59. The zero-order chi connectivity index (χ0) is 9.84. The van der Waals surface area contributed by atoms with E-state index in [-0.39, 0.29) is 0 Å². The van der Waals surface area contributed by atoms with Crippen molar-refractivity contribution >= 4 is 17.6 Å². The minimum Gasteiger partial charge on any atom is -0.383 e. The number of anilines is 1. The molecular formula is C9H15N3S. The number of thioether (sulfide) groups is 1. The Morgan fingerprint density at radius 2 is 2.15 bits per heavy atom. The molecule has 0 aliphatic rings. The van der Waals surface area contributed by atoms with Gasteiger partial charge < -0.3 is 5.73 Å². The van der Waals surface area contributed by atoms with Crippen LogP contribution in [0.15, 0.2) is 11.4 Å². The quantitative estimate of drug-likeness (QED) is 0.595. The van der Waals surface area contributed by atoms with E-state index in [9.17, 15) is 0 Å². The van der Waals surface area contributed by atoms with Crippen LogP contribution in [0.3, 0.4) is 0 Å². The Kier molecular flexibility index (Phi) is 3.54. The van der Waals surface area contributed by atoms with Gasteiger partial charge in [-0.2, -0.15) is 0 Å². The predicted octanol–water partition coefficient (Wildman–Crippen LogP) is 2.12. The third-order valence-corrected chi connectivity index (χ3v) is 2.69. The lowest BCUT2D eigenvalue weighted by molar-refractivity contribution is 0.945. The Labute approximate surface area is 83.2 Å². The molecule has 0 aliphatic heterocycles. The molecule has 72 valence electrons. The molecule has 0 aromatic carbocycles. The second kappa shape index (κ2) is 4.46. The summed E-state index contributed by atoms with van der Waals surface area (Å²) >= 11 is 1.73. The molecule has 3 nitrogen and oxygen atoms in total. The monoisotopic (exact) mass is 197 g/mol. The van der Waals surface area contributed by atoms with Gasteiger partial charge in [0.2, 0.25) is 0 Å². The van der Waals surface area contributed by atoms with Crippen LogP contribution in [0.5, 0.6) is 0 Å². The first-order valence-electron chi connectivity index (χ1n) is 4.41. The van der Waals surface area contributed by atoms with Crippen molar-refractivity contribution in [3.63, 3.8) is 0 Å². The first kappa shape index (κ1) is 10.3. The third-order valence-electron chi connectivity index (χ3n) is 1.64. The van der Waals surface area contributed by atoms with Crippen molar-refractivity contribution in [3.05, 3.63) is 11.9 Å². The summed E-state index contributed by atoms with van der Waals surface area (Å²) in [6.45, 7) is 6.35. The molecule has 0 saturated carbocycles. The average molecular weight is 197 g/mol. The Bertz CT molecular complexity index is 286. The molecule has 0 aliphatic carbocycles. The Morgan fingerprint density at radius 3 is 2.69 bits per heavy atom. The SMILES string of the molecule is CCc1c(N)ncnc1SC(C)C. The molecule has 0 unspecified atom stereocenters. The standard InChI is InChI=1S/C9H15N3S/c1-4-7-8(10)11-5-12-9(7)13-6(2)3/h5-6H,4H2,1-3H3,(H2,10,11,12). The first-order chi connectivity index (χ1) is 6.15. The molecule has 0 radical (unpaired) electrons. The number of aromatic nitrogens is 2. The van der Waals surface area contributed by atoms with Crippen LogP contribution in [0, 0.1) is 0 Å². The topological polar surface area (TPSA) is 51.8 Å². The van der Waals surface area contributed by atoms with Gasteiger partial charge in [0.05, 0.1) is 0 Å². The van der Waals surface area contributed by atoms with Crippen molar-refractivity contribution in [3.8, 4) is 0 Å². The van der Waals surface area contributed by atoms with Gasteiger partial charge in [0.1, 0.15) is 17.2 Å². The number of nitrogen functional groups attached to an aromatic ring is 1. The Hall–Kier alpha value is -0.770. The van der Waals surface area contributed by atoms with Gasteiger partial charge in [-0.05, 0) is 6.42 Å². The summed E-state index contributed by atoms with van der Waals surface area (Å²) in [7, 11) is 0. The van der Waals surface area contributed by atoms with Crippen molar-refractivity contribution in [2.75, 3.05) is 5.73 Å². The molecular weight excluding hydrogens is 182 g/mol. The van der Waals surface area contributed by atoms with Crippen molar-refractivity contribution < 1.29 is 0 Å². The minimum atomic E-state index is 0.527. The Morgan fingerprint density at radius 1 is 1.46 bits per heavy atom. The minimum absolute atomic E-state index is 0.527. The lowest BCUT2D eigenvalue weighted by Crippen LogP contribution is -2.02. The maximum atomic E-state index is 5.74. The lowest BCUT2D eigenvalue weighted by Gasteiger charge is -2.09. The largest absolute Gasteiger partial charge is 0.383 e. The van der Waals surface area contributed by atoms with Gasteiger partial charge >= 0.3 is 0 Å². The van der Waals surface area contributed by atoms with E-state index in [1.165, 1.54) is 6.33 Å². The molecule has 13 heavy (non-hydrogen) atoms. The van der Waals surface area contributed by atoms with Crippen LogP contribution >= 0.6 is 11.8 Å². The summed E-state index contributed by atoms with van der Waals surface area (Å²) in [5.41, 5.74) is 6.81. The van der Waals surface area contributed by atoms with E-state index in [1.54, 1.807) is 11.8 Å². The summed E-state index contributed by atoms with van der Waals surface area (Å²) < 4.78 is 0. The number of nitrogens with two attached hydrogens (primary N) is 1. The summed E-state index contributed by atoms with van der Waals surface area (Å²) in [5, 5.41) is 1.55. The fraction of sp³-hybridized carbons (Fsp3) is 0.556. The molecule has 1 heterocycles. The van der Waals surface area contributed by atoms with Crippen LogP contribution in [-0.2, 0) is 6.42 Å². The molecule has 0 saturated heterocycles. The van der Waals surface area contributed by atoms with Crippen molar-refractivity contribution in [2.24, 2.45) is 0 Å². The summed E-state index contributed by atoms with van der Waals surface area (Å²) in [5.74, 6) is 0.612. The van der Waals surface area contributed by atoms with E-state index in [0.717, 1.165) is 17.0 Å². The van der Waals surface area contributed by atoms with E-state index in [2.05, 4.69) is 30.7 Å². The van der Waals surface area contributed by atoms with Gasteiger partial charge in [0, 0.05) is 10.8 Å². The van der Waals surface area contributed by atoms with Crippen LogP contribution in [0.2, 0.25) is 0 Å². The molecule has 0 atom stereocenters. The zero-order valence-corrected chi connectivity index (χ0v) is 9.06. The van der Waals surface area contributed by atoms with Gasteiger partial charge in [-0.1, -0.05) is 20.8 Å². The number of rotatable bonds is 3.